The standard InChI is InChI=1S/C17H27N3O4S/c1-3-23-12-13(21)19-16(2)6-10-24-17(14(16)22)4-8-20(9-5-17)15-18-7-11-25-15/h7,11,14,22H,3-6,8-10,12H2,1-2H3,(H,19,21)/t14-,16+/m0/s1. The SMILES string of the molecule is CCOCC(=O)N[C@]1(C)CCOC2(CCN(c3nccs3)CC2)[C@H]1O. The van der Waals surface area contributed by atoms with Crippen molar-refractivity contribution in [3.63, 3.8) is 0 Å². The molecule has 1 aromatic heterocycles. The number of aliphatic hydroxyl groups excluding tert-OH is 1. The van der Waals surface area contributed by atoms with E-state index in [-0.39, 0.29) is 12.5 Å². The normalized spacial score (nSPS) is 28.9. The average Bonchev–Trinajstić information content (AvgIpc) is 3.13. The quantitative estimate of drug-likeness (QED) is 0.811. The summed E-state index contributed by atoms with van der Waals surface area (Å²) in [5.74, 6) is -0.194. The van der Waals surface area contributed by atoms with Crippen LogP contribution in [0.5, 0.6) is 0 Å². The van der Waals surface area contributed by atoms with Crippen LogP contribution >= 0.6 is 11.3 Å². The van der Waals surface area contributed by atoms with E-state index in [2.05, 4.69) is 15.2 Å². The van der Waals surface area contributed by atoms with Crippen molar-refractivity contribution in [2.24, 2.45) is 0 Å². The molecule has 0 aliphatic carbocycles. The summed E-state index contributed by atoms with van der Waals surface area (Å²) in [6.07, 6.45) is 3.07. The molecule has 25 heavy (non-hydrogen) atoms. The molecular weight excluding hydrogens is 342 g/mol. The maximum absolute atomic E-state index is 12.1. The van der Waals surface area contributed by atoms with E-state index in [1.807, 2.05) is 19.2 Å². The molecule has 1 amide bonds. The van der Waals surface area contributed by atoms with Crippen LogP contribution < -0.4 is 10.2 Å². The molecular formula is C17H27N3O4S. The Morgan fingerprint density at radius 3 is 2.92 bits per heavy atom. The summed E-state index contributed by atoms with van der Waals surface area (Å²) >= 11 is 1.62. The van der Waals surface area contributed by atoms with E-state index in [4.69, 9.17) is 9.47 Å². The maximum atomic E-state index is 12.1. The molecule has 0 bridgehead atoms. The van der Waals surface area contributed by atoms with Crippen LogP contribution in [0.4, 0.5) is 5.13 Å². The number of carbonyl (C=O) groups is 1. The fourth-order valence-electron chi connectivity index (χ4n) is 3.81. The van der Waals surface area contributed by atoms with Crippen molar-refractivity contribution in [1.82, 2.24) is 10.3 Å². The predicted molar refractivity (Wildman–Crippen MR) is 95.9 cm³/mol. The number of aliphatic hydroxyl groups is 1. The van der Waals surface area contributed by atoms with Gasteiger partial charge in [-0.2, -0.15) is 0 Å². The fourth-order valence-corrected chi connectivity index (χ4v) is 4.51. The van der Waals surface area contributed by atoms with Gasteiger partial charge in [0, 0.05) is 37.9 Å². The molecule has 8 heteroatoms. The van der Waals surface area contributed by atoms with Crippen molar-refractivity contribution < 1.29 is 19.4 Å². The number of hydrogen-bond donors (Lipinski definition) is 2. The molecule has 0 saturated carbocycles. The minimum atomic E-state index is -0.752. The van der Waals surface area contributed by atoms with Crippen LogP contribution in [0.15, 0.2) is 11.6 Å². The molecule has 3 rings (SSSR count). The van der Waals surface area contributed by atoms with E-state index in [1.165, 1.54) is 0 Å². The molecule has 0 radical (unpaired) electrons. The van der Waals surface area contributed by atoms with Gasteiger partial charge in [-0.25, -0.2) is 4.98 Å². The lowest BCUT2D eigenvalue weighted by Crippen LogP contribution is -2.69. The summed E-state index contributed by atoms with van der Waals surface area (Å²) in [4.78, 5) is 18.7. The molecule has 2 N–H and O–H groups in total. The van der Waals surface area contributed by atoms with E-state index in [1.54, 1.807) is 17.5 Å². The van der Waals surface area contributed by atoms with Crippen molar-refractivity contribution in [2.75, 3.05) is 37.8 Å². The Morgan fingerprint density at radius 2 is 2.28 bits per heavy atom. The smallest absolute Gasteiger partial charge is 0.246 e. The number of piperidine rings is 1. The van der Waals surface area contributed by atoms with Crippen LogP contribution in [-0.2, 0) is 14.3 Å². The largest absolute Gasteiger partial charge is 0.388 e. The van der Waals surface area contributed by atoms with Crippen LogP contribution in [0, 0.1) is 0 Å². The molecule has 140 valence electrons. The maximum Gasteiger partial charge on any atom is 0.246 e. The van der Waals surface area contributed by atoms with Gasteiger partial charge in [0.2, 0.25) is 5.91 Å². The number of carbonyl (C=O) groups excluding carboxylic acids is 1. The number of aromatic nitrogens is 1. The number of hydrogen-bond acceptors (Lipinski definition) is 7. The Hall–Kier alpha value is -1.22. The first-order valence-corrected chi connectivity index (χ1v) is 9.72. The summed E-state index contributed by atoms with van der Waals surface area (Å²) in [6, 6.07) is 0. The first kappa shape index (κ1) is 18.6. The van der Waals surface area contributed by atoms with Gasteiger partial charge < -0.3 is 24.8 Å². The molecule has 2 aliphatic heterocycles. The number of anilines is 1. The monoisotopic (exact) mass is 369 g/mol. The number of nitrogens with one attached hydrogen (secondary N) is 1. The summed E-state index contributed by atoms with van der Waals surface area (Å²) in [5.41, 5.74) is -1.31. The Morgan fingerprint density at radius 1 is 1.52 bits per heavy atom. The highest BCUT2D eigenvalue weighted by Gasteiger charge is 2.53. The van der Waals surface area contributed by atoms with Crippen molar-refractivity contribution in [3.8, 4) is 0 Å². The van der Waals surface area contributed by atoms with Gasteiger partial charge >= 0.3 is 0 Å². The van der Waals surface area contributed by atoms with Crippen LogP contribution in [0.3, 0.4) is 0 Å². The minimum Gasteiger partial charge on any atom is -0.388 e. The lowest BCUT2D eigenvalue weighted by Gasteiger charge is -2.53. The van der Waals surface area contributed by atoms with Gasteiger partial charge in [0.05, 0.1) is 11.1 Å². The van der Waals surface area contributed by atoms with E-state index in [9.17, 15) is 9.90 Å². The highest BCUT2D eigenvalue weighted by atomic mass is 32.1. The van der Waals surface area contributed by atoms with Gasteiger partial charge in [-0.15, -0.1) is 11.3 Å². The fraction of sp³-hybridized carbons (Fsp3) is 0.765. The van der Waals surface area contributed by atoms with E-state index >= 15 is 0 Å². The van der Waals surface area contributed by atoms with Crippen molar-refractivity contribution in [2.45, 2.75) is 50.4 Å². The van der Waals surface area contributed by atoms with Crippen LogP contribution in [0.1, 0.15) is 33.1 Å². The van der Waals surface area contributed by atoms with Gasteiger partial charge in [-0.05, 0) is 33.1 Å². The van der Waals surface area contributed by atoms with Crippen LogP contribution in [0.2, 0.25) is 0 Å². The molecule has 2 atom stereocenters. The average molecular weight is 369 g/mol. The number of thiazole rings is 1. The molecule has 1 aromatic rings. The van der Waals surface area contributed by atoms with Gasteiger partial charge in [0.15, 0.2) is 5.13 Å². The Kier molecular flexibility index (Phi) is 5.62. The number of ether oxygens (including phenoxy) is 2. The Bertz CT molecular complexity index is 574. The third-order valence-electron chi connectivity index (χ3n) is 5.27. The number of amides is 1. The molecule has 0 aromatic carbocycles. The van der Waals surface area contributed by atoms with Gasteiger partial charge in [0.1, 0.15) is 12.7 Å². The van der Waals surface area contributed by atoms with Crippen molar-refractivity contribution in [3.05, 3.63) is 11.6 Å². The highest BCUT2D eigenvalue weighted by Crippen LogP contribution is 2.40. The third-order valence-corrected chi connectivity index (χ3v) is 6.11. The number of nitrogens with zero attached hydrogens (tertiary/aromatic N) is 2. The molecule has 2 saturated heterocycles. The summed E-state index contributed by atoms with van der Waals surface area (Å²) in [6.45, 7) is 6.36. The van der Waals surface area contributed by atoms with Gasteiger partial charge in [-0.1, -0.05) is 0 Å². The summed E-state index contributed by atoms with van der Waals surface area (Å²) in [7, 11) is 0. The zero-order valence-corrected chi connectivity index (χ0v) is 15.7. The van der Waals surface area contributed by atoms with Gasteiger partial charge in [-0.3, -0.25) is 4.79 Å². The molecule has 3 heterocycles. The molecule has 7 nitrogen and oxygen atoms in total. The Labute approximate surface area is 152 Å². The summed E-state index contributed by atoms with van der Waals surface area (Å²) < 4.78 is 11.2. The highest BCUT2D eigenvalue weighted by molar-refractivity contribution is 7.13. The molecule has 2 fully saturated rings. The van der Waals surface area contributed by atoms with E-state index < -0.39 is 17.2 Å². The predicted octanol–water partition coefficient (Wildman–Crippen LogP) is 1.17. The second kappa shape index (κ2) is 7.57. The Balaban J connectivity index is 1.65. The topological polar surface area (TPSA) is 83.9 Å². The first-order valence-electron chi connectivity index (χ1n) is 8.84. The molecule has 2 aliphatic rings. The summed E-state index contributed by atoms with van der Waals surface area (Å²) in [5, 5.41) is 17.0. The molecule has 1 spiro atoms. The number of rotatable bonds is 5. The van der Waals surface area contributed by atoms with E-state index in [0.29, 0.717) is 32.5 Å². The molecule has 0 unspecified atom stereocenters. The van der Waals surface area contributed by atoms with Crippen LogP contribution in [-0.4, -0.2) is 66.2 Å². The zero-order chi connectivity index (χ0) is 17.9. The second-order valence-electron chi connectivity index (χ2n) is 6.97. The minimum absolute atomic E-state index is 0.0183. The first-order chi connectivity index (χ1) is 12.0. The van der Waals surface area contributed by atoms with Gasteiger partial charge in [0.25, 0.3) is 0 Å². The zero-order valence-electron chi connectivity index (χ0n) is 14.9. The third kappa shape index (κ3) is 3.81. The second-order valence-corrected chi connectivity index (χ2v) is 7.84. The van der Waals surface area contributed by atoms with Crippen LogP contribution in [0.25, 0.3) is 0 Å². The van der Waals surface area contributed by atoms with Crippen molar-refractivity contribution in [1.29, 1.82) is 0 Å². The van der Waals surface area contributed by atoms with Crippen molar-refractivity contribution >= 4 is 22.4 Å². The van der Waals surface area contributed by atoms with E-state index in [0.717, 1.165) is 18.2 Å². The lowest BCUT2D eigenvalue weighted by atomic mass is 9.73. The lowest BCUT2D eigenvalue weighted by molar-refractivity contribution is -0.198.